The lowest BCUT2D eigenvalue weighted by molar-refractivity contribution is 0.0696. The summed E-state index contributed by atoms with van der Waals surface area (Å²) in [4.78, 5) is 36.1. The van der Waals surface area contributed by atoms with Crippen molar-refractivity contribution in [1.29, 1.82) is 0 Å². The number of hydrogen-bond donors (Lipinski definition) is 2. The highest BCUT2D eigenvalue weighted by Crippen LogP contribution is 2.18. The number of carboxylic acid groups (broad SMARTS) is 1. The quantitative estimate of drug-likeness (QED) is 0.877. The van der Waals surface area contributed by atoms with Crippen LogP contribution in [0.2, 0.25) is 0 Å². The minimum absolute atomic E-state index is 0.114. The summed E-state index contributed by atoms with van der Waals surface area (Å²) in [5.41, 5.74) is 1.55. The lowest BCUT2D eigenvalue weighted by Gasteiger charge is -2.17. The van der Waals surface area contributed by atoms with Crippen LogP contribution in [0.1, 0.15) is 39.9 Å². The Kier molecular flexibility index (Phi) is 3.44. The number of aromatic carboxylic acids is 1. The molecule has 0 aliphatic heterocycles. The normalized spacial score (nSPS) is 13.7. The zero-order chi connectivity index (χ0) is 15.9. The van der Waals surface area contributed by atoms with Crippen LogP contribution in [0.5, 0.6) is 0 Å². The van der Waals surface area contributed by atoms with E-state index in [1.54, 1.807) is 19.1 Å². The molecule has 1 aromatic carbocycles. The molecule has 0 saturated heterocycles. The van der Waals surface area contributed by atoms with E-state index >= 15 is 0 Å². The SMILES string of the molecule is Cc1c(C(=O)O)cccc1-n1[nH]c(=O)c2c(c1=O)CCCC2. The molecule has 0 saturated carbocycles. The fraction of sp³-hybridized carbons (Fsp3) is 0.312. The number of carbonyl (C=O) groups is 1. The van der Waals surface area contributed by atoms with Crippen LogP contribution in [0.3, 0.4) is 0 Å². The second-order valence-corrected chi connectivity index (χ2v) is 5.50. The minimum Gasteiger partial charge on any atom is -0.478 e. The van der Waals surface area contributed by atoms with E-state index in [0.29, 0.717) is 35.2 Å². The van der Waals surface area contributed by atoms with Gasteiger partial charge in [0.25, 0.3) is 11.1 Å². The summed E-state index contributed by atoms with van der Waals surface area (Å²) in [6, 6.07) is 4.67. The predicted molar refractivity (Wildman–Crippen MR) is 81.0 cm³/mol. The van der Waals surface area contributed by atoms with Crippen molar-refractivity contribution in [2.45, 2.75) is 32.6 Å². The van der Waals surface area contributed by atoms with Gasteiger partial charge in [0, 0.05) is 11.1 Å². The van der Waals surface area contributed by atoms with Gasteiger partial charge < -0.3 is 5.11 Å². The largest absolute Gasteiger partial charge is 0.478 e. The molecule has 0 bridgehead atoms. The van der Waals surface area contributed by atoms with Crippen molar-refractivity contribution in [2.75, 3.05) is 0 Å². The Morgan fingerprint density at radius 1 is 1.18 bits per heavy atom. The van der Waals surface area contributed by atoms with Crippen LogP contribution in [0.25, 0.3) is 5.69 Å². The maximum absolute atomic E-state index is 12.6. The second kappa shape index (κ2) is 5.29. The molecule has 0 unspecified atom stereocenters. The van der Waals surface area contributed by atoms with Crippen LogP contribution in [0, 0.1) is 6.92 Å². The first-order chi connectivity index (χ1) is 10.5. The van der Waals surface area contributed by atoms with Gasteiger partial charge in [-0.3, -0.25) is 14.7 Å². The van der Waals surface area contributed by atoms with Crippen LogP contribution >= 0.6 is 0 Å². The summed E-state index contributed by atoms with van der Waals surface area (Å²) in [6.45, 7) is 1.63. The molecule has 0 fully saturated rings. The van der Waals surface area contributed by atoms with E-state index in [1.807, 2.05) is 0 Å². The molecule has 3 rings (SSSR count). The molecule has 0 spiro atoms. The number of rotatable bonds is 2. The van der Waals surface area contributed by atoms with E-state index in [-0.39, 0.29) is 16.7 Å². The third-order valence-corrected chi connectivity index (χ3v) is 4.19. The maximum atomic E-state index is 12.6. The third kappa shape index (κ3) is 2.16. The van der Waals surface area contributed by atoms with Crippen LogP contribution < -0.4 is 11.1 Å². The van der Waals surface area contributed by atoms with Gasteiger partial charge in [-0.15, -0.1) is 0 Å². The first kappa shape index (κ1) is 14.3. The molecule has 0 radical (unpaired) electrons. The van der Waals surface area contributed by atoms with Gasteiger partial charge in [0.1, 0.15) is 0 Å². The first-order valence-electron chi connectivity index (χ1n) is 7.21. The highest BCUT2D eigenvalue weighted by atomic mass is 16.4. The van der Waals surface area contributed by atoms with Gasteiger partial charge >= 0.3 is 5.97 Å². The van der Waals surface area contributed by atoms with Crippen molar-refractivity contribution in [3.63, 3.8) is 0 Å². The van der Waals surface area contributed by atoms with Gasteiger partial charge in [-0.2, -0.15) is 0 Å². The van der Waals surface area contributed by atoms with Crippen molar-refractivity contribution in [2.24, 2.45) is 0 Å². The van der Waals surface area contributed by atoms with Crippen molar-refractivity contribution >= 4 is 5.97 Å². The number of carboxylic acids is 1. The molecule has 1 aliphatic rings. The zero-order valence-electron chi connectivity index (χ0n) is 12.2. The lowest BCUT2D eigenvalue weighted by Crippen LogP contribution is -2.36. The van der Waals surface area contributed by atoms with E-state index in [2.05, 4.69) is 5.10 Å². The Labute approximate surface area is 126 Å². The molecule has 1 heterocycles. The van der Waals surface area contributed by atoms with Crippen molar-refractivity contribution in [3.8, 4) is 5.69 Å². The fourth-order valence-electron chi connectivity index (χ4n) is 3.01. The van der Waals surface area contributed by atoms with E-state index < -0.39 is 5.97 Å². The van der Waals surface area contributed by atoms with Crippen LogP contribution in [-0.2, 0) is 12.8 Å². The maximum Gasteiger partial charge on any atom is 0.336 e. The minimum atomic E-state index is -1.06. The Hall–Kier alpha value is -2.63. The average molecular weight is 300 g/mol. The molecular weight excluding hydrogens is 284 g/mol. The number of benzene rings is 1. The molecule has 0 amide bonds. The van der Waals surface area contributed by atoms with Gasteiger partial charge in [0.05, 0.1) is 11.3 Å². The van der Waals surface area contributed by atoms with Gasteiger partial charge in [-0.1, -0.05) is 6.07 Å². The lowest BCUT2D eigenvalue weighted by atomic mass is 9.94. The highest BCUT2D eigenvalue weighted by Gasteiger charge is 2.20. The van der Waals surface area contributed by atoms with Crippen LogP contribution in [0.15, 0.2) is 27.8 Å². The zero-order valence-corrected chi connectivity index (χ0v) is 12.2. The molecule has 22 heavy (non-hydrogen) atoms. The molecular formula is C16H16N2O4. The van der Waals surface area contributed by atoms with E-state index in [9.17, 15) is 19.5 Å². The fourth-order valence-corrected chi connectivity index (χ4v) is 3.01. The Bertz CT molecular complexity index is 877. The molecule has 6 heteroatoms. The van der Waals surface area contributed by atoms with E-state index in [1.165, 1.54) is 10.7 Å². The summed E-state index contributed by atoms with van der Waals surface area (Å²) in [7, 11) is 0. The number of fused-ring (bicyclic) bond motifs is 1. The van der Waals surface area contributed by atoms with Crippen molar-refractivity contribution in [1.82, 2.24) is 9.78 Å². The smallest absolute Gasteiger partial charge is 0.336 e. The monoisotopic (exact) mass is 300 g/mol. The Morgan fingerprint density at radius 3 is 2.55 bits per heavy atom. The number of nitrogens with one attached hydrogen (secondary N) is 1. The predicted octanol–water partition coefficient (Wildman–Crippen LogP) is 1.41. The summed E-state index contributed by atoms with van der Waals surface area (Å²) >= 11 is 0. The number of H-pyrrole nitrogens is 1. The van der Waals surface area contributed by atoms with Gasteiger partial charge in [0.15, 0.2) is 0 Å². The Morgan fingerprint density at radius 2 is 1.86 bits per heavy atom. The summed E-state index contributed by atoms with van der Waals surface area (Å²) in [5, 5.41) is 11.8. The molecule has 2 N–H and O–H groups in total. The molecule has 6 nitrogen and oxygen atoms in total. The first-order valence-corrected chi connectivity index (χ1v) is 7.21. The molecule has 1 aliphatic carbocycles. The van der Waals surface area contributed by atoms with Gasteiger partial charge in [-0.25, -0.2) is 9.48 Å². The van der Waals surface area contributed by atoms with Crippen molar-refractivity contribution < 1.29 is 9.90 Å². The molecule has 2 aromatic rings. The topological polar surface area (TPSA) is 92.2 Å². The number of aromatic nitrogens is 2. The summed E-state index contributed by atoms with van der Waals surface area (Å²) in [6.07, 6.45) is 3.01. The average Bonchev–Trinajstić information content (AvgIpc) is 2.51. The molecule has 114 valence electrons. The highest BCUT2D eigenvalue weighted by molar-refractivity contribution is 5.90. The van der Waals surface area contributed by atoms with E-state index in [0.717, 1.165) is 12.8 Å². The second-order valence-electron chi connectivity index (χ2n) is 5.50. The standard InChI is InChI=1S/C16H16N2O4/c1-9-10(16(21)22)7-4-8-13(9)18-15(20)12-6-3-2-5-11(12)14(19)17-18/h4,7-8H,2-3,5-6H2,1H3,(H,17,19)(H,21,22). The summed E-state index contributed by atoms with van der Waals surface area (Å²) in [5.74, 6) is -1.06. The van der Waals surface area contributed by atoms with Crippen LogP contribution in [-0.4, -0.2) is 20.9 Å². The molecule has 0 atom stereocenters. The van der Waals surface area contributed by atoms with Gasteiger partial charge in [-0.05, 0) is 50.3 Å². The molecule has 1 aromatic heterocycles. The number of aromatic amines is 1. The third-order valence-electron chi connectivity index (χ3n) is 4.19. The summed E-state index contributed by atoms with van der Waals surface area (Å²) < 4.78 is 1.17. The Balaban J connectivity index is 2.29. The number of nitrogens with zero attached hydrogens (tertiary/aromatic N) is 1. The van der Waals surface area contributed by atoms with Crippen LogP contribution in [0.4, 0.5) is 0 Å². The van der Waals surface area contributed by atoms with E-state index in [4.69, 9.17) is 0 Å². The van der Waals surface area contributed by atoms with Gasteiger partial charge in [0.2, 0.25) is 0 Å². The number of hydrogen-bond acceptors (Lipinski definition) is 3. The van der Waals surface area contributed by atoms with Crippen molar-refractivity contribution in [3.05, 3.63) is 61.2 Å².